The molecule has 2 aromatic rings. The molecule has 0 saturated carbocycles. The highest BCUT2D eigenvalue weighted by Crippen LogP contribution is 2.12. The number of hydrogen-bond acceptors (Lipinski definition) is 3. The molecule has 0 atom stereocenters. The van der Waals surface area contributed by atoms with Crippen LogP contribution < -0.4 is 22.5 Å². The molecule has 0 fully saturated rings. The number of methoxy groups -OCH3 is 1. The summed E-state index contributed by atoms with van der Waals surface area (Å²) in [5, 5.41) is 5.51. The van der Waals surface area contributed by atoms with Crippen molar-refractivity contribution in [2.75, 3.05) is 7.11 Å². The van der Waals surface area contributed by atoms with Crippen molar-refractivity contribution in [3.8, 4) is 5.75 Å². The second-order valence-electron chi connectivity index (χ2n) is 3.53. The molecule has 1 aromatic carbocycles. The fourth-order valence-corrected chi connectivity index (χ4v) is 2.16. The minimum atomic E-state index is 0. The molecule has 0 radical (unpaired) electrons. The van der Waals surface area contributed by atoms with Crippen molar-refractivity contribution in [1.82, 2.24) is 5.32 Å². The van der Waals surface area contributed by atoms with Crippen LogP contribution >= 0.6 is 11.3 Å². The van der Waals surface area contributed by atoms with E-state index < -0.39 is 0 Å². The Balaban J connectivity index is 0.00000144. The van der Waals surface area contributed by atoms with Crippen LogP contribution in [0.15, 0.2) is 41.8 Å². The molecule has 92 valence electrons. The minimum Gasteiger partial charge on any atom is -1.00 e. The molecular weight excluding hydrogens is 254 g/mol. The summed E-state index contributed by atoms with van der Waals surface area (Å²) >= 11 is 1.78. The summed E-state index contributed by atoms with van der Waals surface area (Å²) in [7, 11) is 1.68. The Morgan fingerprint density at radius 3 is 2.47 bits per heavy atom. The van der Waals surface area contributed by atoms with Crippen LogP contribution in [-0.2, 0) is 13.1 Å². The van der Waals surface area contributed by atoms with Crippen LogP contribution in [0, 0.1) is 0 Å². The van der Waals surface area contributed by atoms with Crippen LogP contribution in [-0.4, -0.2) is 7.11 Å². The van der Waals surface area contributed by atoms with Gasteiger partial charge in [-0.15, -0.1) is 11.3 Å². The highest BCUT2D eigenvalue weighted by Gasteiger charge is 1.95. The van der Waals surface area contributed by atoms with Gasteiger partial charge in [0.15, 0.2) is 0 Å². The predicted molar refractivity (Wildman–Crippen MR) is 67.9 cm³/mol. The molecule has 0 aliphatic rings. The van der Waals surface area contributed by atoms with Gasteiger partial charge >= 0.3 is 0 Å². The molecule has 0 aliphatic heterocycles. The van der Waals surface area contributed by atoms with Crippen LogP contribution in [0.4, 0.5) is 0 Å². The first-order valence-electron chi connectivity index (χ1n) is 5.24. The van der Waals surface area contributed by atoms with Gasteiger partial charge in [0.2, 0.25) is 0 Å². The normalized spacial score (nSPS) is 9.71. The summed E-state index contributed by atoms with van der Waals surface area (Å²) in [6.45, 7) is 1.82. The van der Waals surface area contributed by atoms with Gasteiger partial charge in [-0.05, 0) is 29.1 Å². The lowest BCUT2D eigenvalue weighted by Crippen LogP contribution is -3.00. The van der Waals surface area contributed by atoms with Crippen LogP contribution in [0.25, 0.3) is 0 Å². The van der Waals surface area contributed by atoms with Crippen LogP contribution in [0.5, 0.6) is 5.75 Å². The van der Waals surface area contributed by atoms with Crippen molar-refractivity contribution in [3.05, 3.63) is 52.2 Å². The summed E-state index contributed by atoms with van der Waals surface area (Å²) in [4.78, 5) is 1.37. The second kappa shape index (κ2) is 7.33. The Labute approximate surface area is 112 Å². The molecule has 1 heterocycles. The van der Waals surface area contributed by atoms with Gasteiger partial charge in [0, 0.05) is 18.0 Å². The molecular formula is C13H15ClNOS-. The maximum absolute atomic E-state index is 5.11. The zero-order chi connectivity index (χ0) is 11.2. The third kappa shape index (κ3) is 4.38. The van der Waals surface area contributed by atoms with E-state index in [0.29, 0.717) is 0 Å². The van der Waals surface area contributed by atoms with E-state index in [9.17, 15) is 0 Å². The van der Waals surface area contributed by atoms with Gasteiger partial charge in [0.1, 0.15) is 5.75 Å². The first-order chi connectivity index (χ1) is 7.88. The monoisotopic (exact) mass is 268 g/mol. The van der Waals surface area contributed by atoms with Crippen molar-refractivity contribution >= 4 is 11.3 Å². The van der Waals surface area contributed by atoms with Gasteiger partial charge in [0.25, 0.3) is 0 Å². The molecule has 1 N–H and O–H groups in total. The summed E-state index contributed by atoms with van der Waals surface area (Å²) in [6.07, 6.45) is 0. The highest BCUT2D eigenvalue weighted by atomic mass is 35.5. The van der Waals surface area contributed by atoms with Crippen molar-refractivity contribution in [2.24, 2.45) is 0 Å². The molecule has 2 rings (SSSR count). The third-order valence-corrected chi connectivity index (χ3v) is 3.24. The number of halogens is 1. The fourth-order valence-electron chi connectivity index (χ4n) is 1.49. The molecule has 0 spiro atoms. The lowest BCUT2D eigenvalue weighted by atomic mass is 10.2. The molecule has 2 nitrogen and oxygen atoms in total. The Morgan fingerprint density at radius 1 is 1.12 bits per heavy atom. The maximum Gasteiger partial charge on any atom is 0.118 e. The SMILES string of the molecule is COc1ccc(CNCc2cccs2)cc1.[Cl-]. The van der Waals surface area contributed by atoms with Crippen LogP contribution in [0.2, 0.25) is 0 Å². The summed E-state index contributed by atoms with van der Waals surface area (Å²) in [5.74, 6) is 0.905. The number of ether oxygens (including phenoxy) is 1. The quantitative estimate of drug-likeness (QED) is 0.828. The molecule has 0 unspecified atom stereocenters. The Kier molecular flexibility index (Phi) is 6.05. The Morgan fingerprint density at radius 2 is 1.88 bits per heavy atom. The zero-order valence-corrected chi connectivity index (χ0v) is 11.2. The summed E-state index contributed by atoms with van der Waals surface area (Å²) < 4.78 is 5.11. The lowest BCUT2D eigenvalue weighted by Gasteiger charge is -2.04. The summed E-state index contributed by atoms with van der Waals surface area (Å²) in [5.41, 5.74) is 1.28. The van der Waals surface area contributed by atoms with E-state index in [1.54, 1.807) is 18.4 Å². The first kappa shape index (κ1) is 14.0. The number of benzene rings is 1. The van der Waals surface area contributed by atoms with Crippen molar-refractivity contribution in [2.45, 2.75) is 13.1 Å². The van der Waals surface area contributed by atoms with Gasteiger partial charge < -0.3 is 22.5 Å². The van der Waals surface area contributed by atoms with E-state index >= 15 is 0 Å². The number of rotatable bonds is 5. The zero-order valence-electron chi connectivity index (χ0n) is 9.65. The fraction of sp³-hybridized carbons (Fsp3) is 0.231. The van der Waals surface area contributed by atoms with Crippen molar-refractivity contribution < 1.29 is 17.1 Å². The molecule has 17 heavy (non-hydrogen) atoms. The van der Waals surface area contributed by atoms with E-state index in [-0.39, 0.29) is 12.4 Å². The van der Waals surface area contributed by atoms with Gasteiger partial charge in [-0.25, -0.2) is 0 Å². The number of thiophene rings is 1. The molecule has 1 aromatic heterocycles. The average molecular weight is 269 g/mol. The third-order valence-electron chi connectivity index (χ3n) is 2.37. The highest BCUT2D eigenvalue weighted by molar-refractivity contribution is 7.09. The number of hydrogen-bond donors (Lipinski definition) is 1. The molecule has 0 aliphatic carbocycles. The predicted octanol–water partition coefficient (Wildman–Crippen LogP) is 0.0505. The lowest BCUT2D eigenvalue weighted by molar-refractivity contribution is -0.00000351. The molecule has 4 heteroatoms. The van der Waals surface area contributed by atoms with Gasteiger partial charge in [-0.2, -0.15) is 0 Å². The minimum absolute atomic E-state index is 0. The number of nitrogens with one attached hydrogen (secondary N) is 1. The Bertz CT molecular complexity index is 413. The van der Waals surface area contributed by atoms with E-state index in [1.165, 1.54) is 10.4 Å². The second-order valence-corrected chi connectivity index (χ2v) is 4.56. The topological polar surface area (TPSA) is 21.3 Å². The van der Waals surface area contributed by atoms with E-state index in [2.05, 4.69) is 35.0 Å². The largest absolute Gasteiger partial charge is 1.00 e. The maximum atomic E-state index is 5.11. The molecule has 0 amide bonds. The van der Waals surface area contributed by atoms with Gasteiger partial charge in [-0.1, -0.05) is 18.2 Å². The average Bonchev–Trinajstić information content (AvgIpc) is 2.83. The molecule has 0 saturated heterocycles. The standard InChI is InChI=1S/C13H15NOS.ClH/c1-15-12-6-4-11(5-7-12)9-14-10-13-3-2-8-16-13;/h2-8,14H,9-10H2,1H3;1H/p-1. The van der Waals surface area contributed by atoms with Crippen molar-refractivity contribution in [1.29, 1.82) is 0 Å². The van der Waals surface area contributed by atoms with Crippen LogP contribution in [0.3, 0.4) is 0 Å². The summed E-state index contributed by atoms with van der Waals surface area (Å²) in [6, 6.07) is 12.4. The van der Waals surface area contributed by atoms with E-state index in [1.807, 2.05) is 12.1 Å². The van der Waals surface area contributed by atoms with Gasteiger partial charge in [-0.3, -0.25) is 0 Å². The smallest absolute Gasteiger partial charge is 0.118 e. The van der Waals surface area contributed by atoms with Crippen LogP contribution in [0.1, 0.15) is 10.4 Å². The van der Waals surface area contributed by atoms with E-state index in [0.717, 1.165) is 18.8 Å². The molecule has 0 bridgehead atoms. The first-order valence-corrected chi connectivity index (χ1v) is 6.12. The van der Waals surface area contributed by atoms with Crippen molar-refractivity contribution in [3.63, 3.8) is 0 Å². The van der Waals surface area contributed by atoms with E-state index in [4.69, 9.17) is 4.74 Å². The van der Waals surface area contributed by atoms with Gasteiger partial charge in [0.05, 0.1) is 7.11 Å². The Hall–Kier alpha value is -1.03.